The topological polar surface area (TPSA) is 73.2 Å². The van der Waals surface area contributed by atoms with E-state index in [9.17, 15) is 0 Å². The number of hydrogen-bond donors (Lipinski definition) is 3. The van der Waals surface area contributed by atoms with Gasteiger partial charge in [-0.25, -0.2) is 9.89 Å². The van der Waals surface area contributed by atoms with E-state index in [4.69, 9.17) is 4.74 Å². The minimum Gasteiger partial charge on any atom is -0.378 e. The van der Waals surface area contributed by atoms with Crippen molar-refractivity contribution in [2.24, 2.45) is 4.99 Å². The molecule has 2 fully saturated rings. The van der Waals surface area contributed by atoms with Gasteiger partial charge < -0.3 is 14.5 Å². The van der Waals surface area contributed by atoms with Gasteiger partial charge in [0.05, 0.1) is 25.6 Å². The number of ether oxygens (including phenoxy) is 1. The van der Waals surface area contributed by atoms with Crippen LogP contribution >= 0.6 is 0 Å². The summed E-state index contributed by atoms with van der Waals surface area (Å²) in [5, 5.41) is 11.2. The molecule has 8 heteroatoms. The number of nitrogens with zero attached hydrogens (tertiary/aromatic N) is 4. The smallest absolute Gasteiger partial charge is 0.232 e. The van der Waals surface area contributed by atoms with Gasteiger partial charge in [0.1, 0.15) is 12.7 Å². The zero-order valence-electron chi connectivity index (χ0n) is 16.8. The first-order valence-corrected chi connectivity index (χ1v) is 10.7. The summed E-state index contributed by atoms with van der Waals surface area (Å²) in [7, 11) is 0. The third-order valence-corrected chi connectivity index (χ3v) is 6.09. The highest BCUT2D eigenvalue weighted by Crippen LogP contribution is 2.39. The van der Waals surface area contributed by atoms with E-state index in [2.05, 4.69) is 73.0 Å². The molecule has 0 spiro atoms. The lowest BCUT2D eigenvalue weighted by Crippen LogP contribution is -3.10. The summed E-state index contributed by atoms with van der Waals surface area (Å²) in [6, 6.07) is 10.9. The monoisotopic (exact) mass is 404 g/mol. The quantitative estimate of drug-likeness (QED) is 0.706. The second-order valence-electron chi connectivity index (χ2n) is 8.20. The molecule has 0 radical (unpaired) electrons. The van der Waals surface area contributed by atoms with Gasteiger partial charge in [-0.3, -0.25) is 10.4 Å². The van der Waals surface area contributed by atoms with Gasteiger partial charge in [-0.05, 0) is 31.0 Å². The van der Waals surface area contributed by atoms with Crippen LogP contribution in [0.2, 0.25) is 0 Å². The molecule has 1 aromatic heterocycles. The summed E-state index contributed by atoms with van der Waals surface area (Å²) >= 11 is 0. The van der Waals surface area contributed by atoms with Crippen LogP contribution < -0.4 is 20.0 Å². The molecule has 1 saturated carbocycles. The van der Waals surface area contributed by atoms with E-state index in [1.807, 2.05) is 6.20 Å². The molecular weight excluding hydrogens is 378 g/mol. The van der Waals surface area contributed by atoms with Crippen LogP contribution in [-0.2, 0) is 4.74 Å². The van der Waals surface area contributed by atoms with Crippen molar-refractivity contribution < 1.29 is 9.64 Å². The third kappa shape index (κ3) is 3.38. The Labute approximate surface area is 175 Å². The fourth-order valence-corrected chi connectivity index (χ4v) is 4.27. The van der Waals surface area contributed by atoms with Crippen LogP contribution in [0.25, 0.3) is 0 Å². The Morgan fingerprint density at radius 2 is 2.00 bits per heavy atom. The Morgan fingerprint density at radius 3 is 2.87 bits per heavy atom. The van der Waals surface area contributed by atoms with Crippen LogP contribution in [0.15, 0.2) is 59.7 Å². The Bertz CT molecular complexity index is 1030. The second-order valence-corrected chi connectivity index (χ2v) is 8.20. The molecule has 1 atom stereocenters. The lowest BCUT2D eigenvalue weighted by atomic mass is 10.2. The highest BCUT2D eigenvalue weighted by atomic mass is 16.5. The van der Waals surface area contributed by atoms with Crippen molar-refractivity contribution in [1.29, 1.82) is 0 Å². The van der Waals surface area contributed by atoms with Crippen LogP contribution in [0.3, 0.4) is 0 Å². The van der Waals surface area contributed by atoms with Crippen molar-refractivity contribution in [2.45, 2.75) is 18.8 Å². The SMILES string of the molecule is C1=C[NH+]2C(Nc3cc(C4CC4)[nH]n3)=CN(c3cccc(N4CCOCC4)c3)CC2=N1. The van der Waals surface area contributed by atoms with E-state index in [1.165, 1.54) is 24.2 Å². The number of aliphatic imine (C=N–C) groups is 1. The molecule has 154 valence electrons. The number of nitrogens with one attached hydrogen (secondary N) is 3. The molecule has 1 unspecified atom stereocenters. The molecular formula is C22H26N7O+. The van der Waals surface area contributed by atoms with Crippen LogP contribution in [-0.4, -0.2) is 48.9 Å². The maximum Gasteiger partial charge on any atom is 0.232 e. The predicted molar refractivity (Wildman–Crippen MR) is 117 cm³/mol. The van der Waals surface area contributed by atoms with Gasteiger partial charge in [0, 0.05) is 42.1 Å². The summed E-state index contributed by atoms with van der Waals surface area (Å²) in [5.41, 5.74) is 3.62. The Hall–Kier alpha value is -3.10. The fourth-order valence-electron chi connectivity index (χ4n) is 4.27. The molecule has 1 aliphatic carbocycles. The average Bonchev–Trinajstić information content (AvgIpc) is 3.34. The number of hydrogen-bond acceptors (Lipinski definition) is 6. The van der Waals surface area contributed by atoms with Crippen molar-refractivity contribution in [3.63, 3.8) is 0 Å². The number of aromatic nitrogens is 2. The molecule has 8 nitrogen and oxygen atoms in total. The van der Waals surface area contributed by atoms with Crippen LogP contribution in [0.4, 0.5) is 17.2 Å². The molecule has 3 aliphatic heterocycles. The number of quaternary nitrogens is 1. The summed E-state index contributed by atoms with van der Waals surface area (Å²) in [6.07, 6.45) is 8.65. The van der Waals surface area contributed by atoms with Gasteiger partial charge in [0.25, 0.3) is 0 Å². The normalized spacial score (nSPS) is 23.3. The molecule has 6 rings (SSSR count). The first kappa shape index (κ1) is 17.7. The standard InChI is InChI=1S/C22H25N7O/c1-2-17(27-8-10-30-11-9-27)12-18(3-1)28-14-21-23-6-7-29(21)22(15-28)24-20-13-19(25-26-20)16-4-5-16/h1-3,6-7,12-13,15-16H,4-5,8-11,14H2,(H2,24,25,26)/p+1. The van der Waals surface area contributed by atoms with Gasteiger partial charge in [0.15, 0.2) is 5.82 Å². The number of fused-ring (bicyclic) bond motifs is 1. The number of morpholine rings is 1. The van der Waals surface area contributed by atoms with Gasteiger partial charge in [-0.1, -0.05) is 6.07 Å². The summed E-state index contributed by atoms with van der Waals surface area (Å²) in [5.74, 6) is 3.62. The molecule has 4 aliphatic rings. The van der Waals surface area contributed by atoms with Crippen LogP contribution in [0, 0.1) is 0 Å². The van der Waals surface area contributed by atoms with Crippen LogP contribution in [0.1, 0.15) is 24.5 Å². The number of H-pyrrole nitrogens is 1. The molecule has 4 heterocycles. The van der Waals surface area contributed by atoms with Crippen molar-refractivity contribution in [2.75, 3.05) is 48.0 Å². The summed E-state index contributed by atoms with van der Waals surface area (Å²) in [4.78, 5) is 10.4. The molecule has 3 N–H and O–H groups in total. The Morgan fingerprint density at radius 1 is 1.13 bits per heavy atom. The van der Waals surface area contributed by atoms with E-state index >= 15 is 0 Å². The number of amidine groups is 1. The maximum atomic E-state index is 5.50. The molecule has 1 saturated heterocycles. The van der Waals surface area contributed by atoms with Crippen molar-refractivity contribution >= 4 is 23.0 Å². The second kappa shape index (κ2) is 7.30. The van der Waals surface area contributed by atoms with Crippen molar-refractivity contribution in [1.82, 2.24) is 10.2 Å². The summed E-state index contributed by atoms with van der Waals surface area (Å²) < 4.78 is 5.50. The molecule has 30 heavy (non-hydrogen) atoms. The molecule has 0 bridgehead atoms. The van der Waals surface area contributed by atoms with E-state index in [-0.39, 0.29) is 0 Å². The third-order valence-electron chi connectivity index (χ3n) is 6.09. The van der Waals surface area contributed by atoms with Crippen molar-refractivity contribution in [3.8, 4) is 0 Å². The molecule has 2 aromatic rings. The lowest BCUT2D eigenvalue weighted by molar-refractivity contribution is -0.698. The van der Waals surface area contributed by atoms with Gasteiger partial charge >= 0.3 is 0 Å². The zero-order chi connectivity index (χ0) is 19.9. The first-order chi connectivity index (χ1) is 14.8. The number of rotatable bonds is 5. The van der Waals surface area contributed by atoms with E-state index in [1.54, 1.807) is 0 Å². The van der Waals surface area contributed by atoms with Gasteiger partial charge in [0.2, 0.25) is 11.7 Å². The Kier molecular flexibility index (Phi) is 4.32. The number of benzene rings is 1. The highest BCUT2D eigenvalue weighted by molar-refractivity contribution is 5.84. The largest absolute Gasteiger partial charge is 0.378 e. The first-order valence-electron chi connectivity index (χ1n) is 10.7. The minimum atomic E-state index is 0.656. The predicted octanol–water partition coefficient (Wildman–Crippen LogP) is 1.62. The molecule has 0 amide bonds. The number of aromatic amines is 1. The van der Waals surface area contributed by atoms with Gasteiger partial charge in [-0.15, -0.1) is 0 Å². The summed E-state index contributed by atoms with van der Waals surface area (Å²) in [6.45, 7) is 4.20. The van der Waals surface area contributed by atoms with E-state index in [0.29, 0.717) is 5.92 Å². The lowest BCUT2D eigenvalue weighted by Gasteiger charge is -2.31. The van der Waals surface area contributed by atoms with E-state index in [0.717, 1.165) is 60.9 Å². The average molecular weight is 404 g/mol. The maximum absolute atomic E-state index is 5.50. The van der Waals surface area contributed by atoms with Gasteiger partial charge in [-0.2, -0.15) is 5.10 Å². The molecule has 1 aromatic carbocycles. The number of anilines is 3. The fraction of sp³-hybridized carbons (Fsp3) is 0.364. The van der Waals surface area contributed by atoms with Crippen LogP contribution in [0.5, 0.6) is 0 Å². The zero-order valence-corrected chi connectivity index (χ0v) is 16.8. The van der Waals surface area contributed by atoms with E-state index < -0.39 is 0 Å². The van der Waals surface area contributed by atoms with Crippen molar-refractivity contribution in [3.05, 3.63) is 60.4 Å². The Balaban J connectivity index is 1.28. The minimum absolute atomic E-state index is 0.656. The highest BCUT2D eigenvalue weighted by Gasteiger charge is 2.33.